The van der Waals surface area contributed by atoms with Crippen LogP contribution in [0.5, 0.6) is 0 Å². The lowest BCUT2D eigenvalue weighted by molar-refractivity contribution is 0.0234. The number of nitrogens with one attached hydrogen (secondary N) is 1. The highest BCUT2D eigenvalue weighted by molar-refractivity contribution is 6.30. The van der Waals surface area contributed by atoms with E-state index in [1.54, 1.807) is 12.1 Å². The number of carbonyl (C=O) groups excluding carboxylic acids is 1. The minimum Gasteiger partial charge on any atom is -0.349 e. The smallest absolute Gasteiger partial charge is 0.251 e. The number of hydrogen-bond donors (Lipinski definition) is 1. The molecule has 0 radical (unpaired) electrons. The highest BCUT2D eigenvalue weighted by atomic mass is 35.5. The number of piperidine rings is 2. The molecule has 2 aliphatic heterocycles. The van der Waals surface area contributed by atoms with Gasteiger partial charge in [0.1, 0.15) is 0 Å². The van der Waals surface area contributed by atoms with Gasteiger partial charge in [0.05, 0.1) is 0 Å². The predicted molar refractivity (Wildman–Crippen MR) is 95.0 cm³/mol. The molecular weight excluding hydrogens is 308 g/mol. The van der Waals surface area contributed by atoms with E-state index in [-0.39, 0.29) is 5.91 Å². The van der Waals surface area contributed by atoms with E-state index >= 15 is 0 Å². The van der Waals surface area contributed by atoms with Gasteiger partial charge in [-0.2, -0.15) is 0 Å². The maximum absolute atomic E-state index is 12.5. The highest BCUT2D eigenvalue weighted by Crippen LogP contribution is 2.34. The fraction of sp³-hybridized carbons (Fsp3) is 0.632. The van der Waals surface area contributed by atoms with Crippen LogP contribution in [0.4, 0.5) is 0 Å². The number of carbonyl (C=O) groups is 1. The summed E-state index contributed by atoms with van der Waals surface area (Å²) in [6.07, 6.45) is 8.62. The number of amides is 1. The number of halogens is 1. The lowest BCUT2D eigenvalue weighted by atomic mass is 9.81. The summed E-state index contributed by atoms with van der Waals surface area (Å²) in [6.45, 7) is 3.48. The molecular formula is C19H27ClN2O. The van der Waals surface area contributed by atoms with Crippen molar-refractivity contribution < 1.29 is 4.79 Å². The Bertz CT molecular complexity index is 534. The molecule has 0 saturated carbocycles. The third-order valence-corrected chi connectivity index (χ3v) is 5.55. The number of benzene rings is 1. The van der Waals surface area contributed by atoms with Crippen molar-refractivity contribution in [1.29, 1.82) is 0 Å². The second kappa shape index (κ2) is 7.67. The van der Waals surface area contributed by atoms with E-state index < -0.39 is 0 Å². The zero-order valence-corrected chi connectivity index (χ0v) is 14.7. The Hall–Kier alpha value is -1.06. The zero-order valence-electron chi connectivity index (χ0n) is 13.9. The summed E-state index contributed by atoms with van der Waals surface area (Å²) in [5, 5.41) is 3.86. The van der Waals surface area contributed by atoms with Crippen molar-refractivity contribution >= 4 is 17.5 Å². The molecule has 2 heterocycles. The molecule has 0 spiro atoms. The Labute approximate surface area is 144 Å². The minimum absolute atomic E-state index is 0.0116. The Morgan fingerprint density at radius 2 is 2.04 bits per heavy atom. The maximum atomic E-state index is 12.5. The quantitative estimate of drug-likeness (QED) is 0.872. The third-order valence-electron chi connectivity index (χ3n) is 5.32. The van der Waals surface area contributed by atoms with Gasteiger partial charge < -0.3 is 5.32 Å². The van der Waals surface area contributed by atoms with Crippen molar-refractivity contribution in [1.82, 2.24) is 10.2 Å². The average Bonchev–Trinajstić information content (AvgIpc) is 2.52. The van der Waals surface area contributed by atoms with E-state index in [0.717, 1.165) is 12.8 Å². The first-order chi connectivity index (χ1) is 11.2. The summed E-state index contributed by atoms with van der Waals surface area (Å²) in [4.78, 5) is 15.2. The van der Waals surface area contributed by atoms with Gasteiger partial charge in [-0.05, 0) is 56.8 Å². The molecule has 3 nitrogen and oxygen atoms in total. The van der Waals surface area contributed by atoms with E-state index in [9.17, 15) is 4.79 Å². The summed E-state index contributed by atoms with van der Waals surface area (Å²) in [5.41, 5.74) is 0.663. The summed E-state index contributed by atoms with van der Waals surface area (Å²) >= 11 is 5.99. The third kappa shape index (κ3) is 4.07. The van der Waals surface area contributed by atoms with Crippen molar-refractivity contribution in [2.45, 2.75) is 70.0 Å². The molecule has 0 aromatic heterocycles. The number of fused-ring (bicyclic) bond motifs is 2. The standard InChI is InChI=1S/C19H27ClN2O/c1-2-3-10-22-17-8-5-9-18(22)13-16(12-17)21-19(23)14-6-4-7-15(20)11-14/h4,6-7,11,16-18H,2-3,5,8-10,12-13H2,1H3,(H,21,23)/t16?,17-,18+. The van der Waals surface area contributed by atoms with E-state index in [4.69, 9.17) is 11.6 Å². The van der Waals surface area contributed by atoms with Crippen molar-refractivity contribution in [2.75, 3.05) is 6.54 Å². The predicted octanol–water partition coefficient (Wildman–Crippen LogP) is 4.26. The minimum atomic E-state index is 0.0116. The lowest BCUT2D eigenvalue weighted by Crippen LogP contribution is -2.57. The van der Waals surface area contributed by atoms with Crippen LogP contribution in [0.3, 0.4) is 0 Å². The second-order valence-corrected chi connectivity index (χ2v) is 7.42. The molecule has 2 aliphatic rings. The first-order valence-corrected chi connectivity index (χ1v) is 9.37. The van der Waals surface area contributed by atoms with Crippen LogP contribution in [0.2, 0.25) is 5.02 Å². The first-order valence-electron chi connectivity index (χ1n) is 8.99. The Morgan fingerprint density at radius 1 is 1.30 bits per heavy atom. The summed E-state index contributed by atoms with van der Waals surface area (Å²) in [5.74, 6) is 0.0116. The molecule has 2 saturated heterocycles. The van der Waals surface area contributed by atoms with E-state index in [0.29, 0.717) is 28.7 Å². The van der Waals surface area contributed by atoms with Gasteiger partial charge in [-0.1, -0.05) is 37.4 Å². The topological polar surface area (TPSA) is 32.3 Å². The summed E-state index contributed by atoms with van der Waals surface area (Å²) in [6, 6.07) is 8.81. The van der Waals surface area contributed by atoms with Crippen molar-refractivity contribution in [2.24, 2.45) is 0 Å². The van der Waals surface area contributed by atoms with Gasteiger partial charge >= 0.3 is 0 Å². The summed E-state index contributed by atoms with van der Waals surface area (Å²) in [7, 11) is 0. The fourth-order valence-electron chi connectivity index (χ4n) is 4.20. The molecule has 1 unspecified atom stereocenters. The van der Waals surface area contributed by atoms with Gasteiger partial charge in [-0.25, -0.2) is 0 Å². The SMILES string of the molecule is CCCCN1[C@@H]2CCC[C@H]1CC(NC(=O)c1cccc(Cl)c1)C2. The van der Waals surface area contributed by atoms with Crippen LogP contribution in [-0.4, -0.2) is 35.5 Å². The Morgan fingerprint density at radius 3 is 2.70 bits per heavy atom. The number of rotatable bonds is 5. The summed E-state index contributed by atoms with van der Waals surface area (Å²) < 4.78 is 0. The lowest BCUT2D eigenvalue weighted by Gasteiger charge is -2.49. The van der Waals surface area contributed by atoms with Gasteiger partial charge in [0.25, 0.3) is 5.91 Å². The van der Waals surface area contributed by atoms with Gasteiger partial charge in [-0.15, -0.1) is 0 Å². The molecule has 23 heavy (non-hydrogen) atoms. The fourth-order valence-corrected chi connectivity index (χ4v) is 4.39. The molecule has 3 rings (SSSR count). The number of hydrogen-bond acceptors (Lipinski definition) is 2. The van der Waals surface area contributed by atoms with E-state index in [1.807, 2.05) is 12.1 Å². The molecule has 1 amide bonds. The molecule has 4 heteroatoms. The molecule has 1 aromatic carbocycles. The first kappa shape index (κ1) is 16.8. The molecule has 1 aromatic rings. The molecule has 1 N–H and O–H groups in total. The molecule has 0 aliphatic carbocycles. The average molecular weight is 335 g/mol. The van der Waals surface area contributed by atoms with Crippen LogP contribution in [0, 0.1) is 0 Å². The zero-order chi connectivity index (χ0) is 16.2. The van der Waals surface area contributed by atoms with Crippen LogP contribution < -0.4 is 5.32 Å². The number of nitrogens with zero attached hydrogens (tertiary/aromatic N) is 1. The van der Waals surface area contributed by atoms with Crippen LogP contribution >= 0.6 is 11.6 Å². The normalized spacial score (nSPS) is 27.7. The van der Waals surface area contributed by atoms with Gasteiger partial charge in [0, 0.05) is 28.7 Å². The van der Waals surface area contributed by atoms with Gasteiger partial charge in [0.2, 0.25) is 0 Å². The van der Waals surface area contributed by atoms with Crippen molar-refractivity contribution in [3.8, 4) is 0 Å². The van der Waals surface area contributed by atoms with E-state index in [2.05, 4.69) is 17.1 Å². The number of unbranched alkanes of at least 4 members (excludes halogenated alkanes) is 1. The molecule has 2 bridgehead atoms. The van der Waals surface area contributed by atoms with Crippen molar-refractivity contribution in [3.05, 3.63) is 34.9 Å². The molecule has 2 fully saturated rings. The van der Waals surface area contributed by atoms with Crippen LogP contribution in [0.1, 0.15) is 62.2 Å². The highest BCUT2D eigenvalue weighted by Gasteiger charge is 2.38. The monoisotopic (exact) mass is 334 g/mol. The Kier molecular flexibility index (Phi) is 5.60. The Balaban J connectivity index is 1.61. The van der Waals surface area contributed by atoms with Gasteiger partial charge in [-0.3, -0.25) is 9.69 Å². The van der Waals surface area contributed by atoms with Crippen LogP contribution in [0.15, 0.2) is 24.3 Å². The maximum Gasteiger partial charge on any atom is 0.251 e. The van der Waals surface area contributed by atoms with Crippen LogP contribution in [0.25, 0.3) is 0 Å². The van der Waals surface area contributed by atoms with Crippen LogP contribution in [-0.2, 0) is 0 Å². The second-order valence-electron chi connectivity index (χ2n) is 6.98. The van der Waals surface area contributed by atoms with Gasteiger partial charge in [0.15, 0.2) is 0 Å². The molecule has 3 atom stereocenters. The van der Waals surface area contributed by atoms with E-state index in [1.165, 1.54) is 38.6 Å². The van der Waals surface area contributed by atoms with Crippen molar-refractivity contribution in [3.63, 3.8) is 0 Å². The molecule has 126 valence electrons. The largest absolute Gasteiger partial charge is 0.349 e.